The molecule has 0 spiro atoms. The number of halogens is 2. The van der Waals surface area contributed by atoms with Crippen LogP contribution in [0.1, 0.15) is 41.0 Å². The minimum absolute atomic E-state index is 0.123. The van der Waals surface area contributed by atoms with Gasteiger partial charge in [0.15, 0.2) is 17.5 Å². The van der Waals surface area contributed by atoms with Gasteiger partial charge in [-0.25, -0.2) is 8.78 Å². The summed E-state index contributed by atoms with van der Waals surface area (Å²) in [7, 11) is 0. The molecule has 0 aliphatic rings. The second kappa shape index (κ2) is 11.3. The molecule has 7 heteroatoms. The summed E-state index contributed by atoms with van der Waals surface area (Å²) in [6.45, 7) is 3.08. The van der Waals surface area contributed by atoms with Crippen molar-refractivity contribution in [1.82, 2.24) is 0 Å². The average molecular weight is 387 g/mol. The number of ketones is 2. The van der Waals surface area contributed by atoms with Gasteiger partial charge >= 0.3 is 5.97 Å². The lowest BCUT2D eigenvalue weighted by Crippen LogP contribution is -2.20. The highest BCUT2D eigenvalue weighted by Gasteiger charge is 2.24. The van der Waals surface area contributed by atoms with Crippen LogP contribution >= 0.6 is 0 Å². The van der Waals surface area contributed by atoms with E-state index in [2.05, 4.69) is 4.74 Å². The molecule has 0 amide bonds. The van der Waals surface area contributed by atoms with E-state index < -0.39 is 29.3 Å². The molecule has 0 aliphatic carbocycles. The Balaban J connectivity index is 0.000000330. The number of carbonyl (C=O) groups is 3. The summed E-state index contributed by atoms with van der Waals surface area (Å²) in [6.07, 6.45) is -0.379. The number of carbonyl (C=O) groups excluding carboxylic acids is 3. The fourth-order valence-corrected chi connectivity index (χ4v) is 2.15. The van der Waals surface area contributed by atoms with Gasteiger partial charge in [-0.1, -0.05) is 24.3 Å². The van der Waals surface area contributed by atoms with Crippen LogP contribution in [0.5, 0.6) is 0 Å². The third-order valence-corrected chi connectivity index (χ3v) is 3.54. The topological polar surface area (TPSA) is 84.2 Å². The lowest BCUT2D eigenvalue weighted by molar-refractivity contribution is -0.145. The van der Waals surface area contributed by atoms with E-state index in [0.717, 1.165) is 6.07 Å². The van der Waals surface area contributed by atoms with Crippen LogP contribution in [0.2, 0.25) is 0 Å². The largest absolute Gasteiger partial charge is 0.465 e. The number of nitrogens with zero attached hydrogens (tertiary/aromatic N) is 1. The van der Waals surface area contributed by atoms with Gasteiger partial charge in [-0.15, -0.1) is 0 Å². The summed E-state index contributed by atoms with van der Waals surface area (Å²) < 4.78 is 30.6. The van der Waals surface area contributed by atoms with Gasteiger partial charge in [0.2, 0.25) is 0 Å². The molecule has 2 rings (SSSR count). The van der Waals surface area contributed by atoms with Crippen LogP contribution in [0.25, 0.3) is 0 Å². The van der Waals surface area contributed by atoms with Crippen LogP contribution in [0.4, 0.5) is 8.78 Å². The smallest absolute Gasteiger partial charge is 0.323 e. The Kier molecular flexibility index (Phi) is 9.17. The predicted octanol–water partition coefficient (Wildman–Crippen LogP) is 4.13. The first-order chi connectivity index (χ1) is 13.3. The molecule has 0 saturated heterocycles. The van der Waals surface area contributed by atoms with Crippen molar-refractivity contribution >= 4 is 17.5 Å². The van der Waals surface area contributed by atoms with Crippen LogP contribution in [0, 0.1) is 28.9 Å². The van der Waals surface area contributed by atoms with E-state index in [1.807, 2.05) is 0 Å². The number of ether oxygens (including phenoxy) is 1. The SMILES string of the molecule is CC(=O)c1ccccc1F.CCOC(=O)C(C#N)CC(=O)c1ccccc1F. The third kappa shape index (κ3) is 6.72. The van der Waals surface area contributed by atoms with E-state index in [4.69, 9.17) is 5.26 Å². The van der Waals surface area contributed by atoms with Crippen LogP contribution in [0.15, 0.2) is 48.5 Å². The molecule has 2 aromatic carbocycles. The Morgan fingerprint density at radius 3 is 1.89 bits per heavy atom. The highest BCUT2D eigenvalue weighted by atomic mass is 19.1. The molecule has 2 aromatic rings. The lowest BCUT2D eigenvalue weighted by Gasteiger charge is -2.07. The zero-order valence-electron chi connectivity index (χ0n) is 15.4. The second-order valence-electron chi connectivity index (χ2n) is 5.58. The molecule has 0 aliphatic heterocycles. The van der Waals surface area contributed by atoms with Crippen molar-refractivity contribution in [1.29, 1.82) is 5.26 Å². The third-order valence-electron chi connectivity index (χ3n) is 3.54. The van der Waals surface area contributed by atoms with Crippen molar-refractivity contribution in [2.24, 2.45) is 5.92 Å². The first kappa shape index (κ1) is 22.6. The molecule has 0 fully saturated rings. The fourth-order valence-electron chi connectivity index (χ4n) is 2.15. The highest BCUT2D eigenvalue weighted by Crippen LogP contribution is 2.14. The number of nitriles is 1. The summed E-state index contributed by atoms with van der Waals surface area (Å²) >= 11 is 0. The van der Waals surface area contributed by atoms with E-state index in [0.29, 0.717) is 0 Å². The van der Waals surface area contributed by atoms with Crippen molar-refractivity contribution in [2.45, 2.75) is 20.3 Å². The zero-order chi connectivity index (χ0) is 21.1. The summed E-state index contributed by atoms with van der Waals surface area (Å²) in [5.74, 6) is -3.90. The van der Waals surface area contributed by atoms with E-state index in [-0.39, 0.29) is 29.9 Å². The average Bonchev–Trinajstić information content (AvgIpc) is 2.67. The molecular weight excluding hydrogens is 368 g/mol. The molecule has 0 bridgehead atoms. The van der Waals surface area contributed by atoms with Gasteiger partial charge in [-0.3, -0.25) is 14.4 Å². The first-order valence-corrected chi connectivity index (χ1v) is 8.41. The molecule has 0 N–H and O–H groups in total. The maximum Gasteiger partial charge on any atom is 0.323 e. The van der Waals surface area contributed by atoms with Crippen LogP contribution in [-0.4, -0.2) is 24.1 Å². The highest BCUT2D eigenvalue weighted by molar-refractivity contribution is 5.98. The number of esters is 1. The molecule has 1 atom stereocenters. The Hall–Kier alpha value is -3.40. The summed E-state index contributed by atoms with van der Waals surface area (Å²) in [5.41, 5.74) is 0.0320. The van der Waals surface area contributed by atoms with E-state index in [9.17, 15) is 23.2 Å². The Morgan fingerprint density at radius 2 is 1.50 bits per heavy atom. The predicted molar refractivity (Wildman–Crippen MR) is 97.5 cm³/mol. The van der Waals surface area contributed by atoms with Crippen molar-refractivity contribution in [3.63, 3.8) is 0 Å². The van der Waals surface area contributed by atoms with Gasteiger partial charge in [0.25, 0.3) is 0 Å². The van der Waals surface area contributed by atoms with Gasteiger partial charge in [0.1, 0.15) is 11.6 Å². The standard InChI is InChI=1S/C13H12FNO3.C8H7FO/c1-2-18-13(17)9(8-15)7-12(16)10-5-3-4-6-11(10)14;1-6(10)7-4-2-3-5-8(7)9/h3-6,9H,2,7H2,1H3;2-5H,1H3. The second-order valence-corrected chi connectivity index (χ2v) is 5.58. The minimum Gasteiger partial charge on any atom is -0.465 e. The molecular formula is C21H19F2NO4. The molecule has 1 unspecified atom stereocenters. The summed E-state index contributed by atoms with van der Waals surface area (Å²) in [5, 5.41) is 8.79. The van der Waals surface area contributed by atoms with Crippen molar-refractivity contribution in [3.05, 3.63) is 71.3 Å². The monoisotopic (exact) mass is 387 g/mol. The molecule has 0 saturated carbocycles. The number of hydrogen-bond donors (Lipinski definition) is 0. The van der Waals surface area contributed by atoms with Gasteiger partial charge in [-0.05, 0) is 38.1 Å². The summed E-state index contributed by atoms with van der Waals surface area (Å²) in [4.78, 5) is 33.7. The minimum atomic E-state index is -1.20. The van der Waals surface area contributed by atoms with E-state index in [1.54, 1.807) is 25.1 Å². The maximum absolute atomic E-state index is 13.3. The van der Waals surface area contributed by atoms with E-state index in [1.165, 1.54) is 37.3 Å². The lowest BCUT2D eigenvalue weighted by atomic mass is 9.99. The van der Waals surface area contributed by atoms with Crippen LogP contribution in [-0.2, 0) is 9.53 Å². The first-order valence-electron chi connectivity index (χ1n) is 8.41. The van der Waals surface area contributed by atoms with Gasteiger partial charge < -0.3 is 4.74 Å². The zero-order valence-corrected chi connectivity index (χ0v) is 15.4. The van der Waals surface area contributed by atoms with Gasteiger partial charge in [-0.2, -0.15) is 5.26 Å². The quantitative estimate of drug-likeness (QED) is 0.550. The molecule has 0 heterocycles. The molecule has 28 heavy (non-hydrogen) atoms. The Labute approximate surface area is 161 Å². The molecule has 146 valence electrons. The Morgan fingerprint density at radius 1 is 1.00 bits per heavy atom. The van der Waals surface area contributed by atoms with Crippen molar-refractivity contribution in [2.75, 3.05) is 6.61 Å². The molecule has 0 aromatic heterocycles. The summed E-state index contributed by atoms with van der Waals surface area (Å²) in [6, 6.07) is 13.1. The number of Topliss-reactive ketones (excluding diaryl/α,β-unsaturated/α-hetero) is 2. The number of benzene rings is 2. The molecule has 5 nitrogen and oxygen atoms in total. The van der Waals surface area contributed by atoms with Gasteiger partial charge in [0.05, 0.1) is 23.8 Å². The van der Waals surface area contributed by atoms with Crippen molar-refractivity contribution < 1.29 is 27.9 Å². The fraction of sp³-hybridized carbons (Fsp3) is 0.238. The van der Waals surface area contributed by atoms with Gasteiger partial charge in [0, 0.05) is 6.42 Å². The Bertz CT molecular complexity index is 890. The van der Waals surface area contributed by atoms with Crippen molar-refractivity contribution in [3.8, 4) is 6.07 Å². The van der Waals surface area contributed by atoms with Crippen LogP contribution < -0.4 is 0 Å². The normalized spacial score (nSPS) is 10.7. The van der Waals surface area contributed by atoms with Crippen LogP contribution in [0.3, 0.4) is 0 Å². The maximum atomic E-state index is 13.3. The van der Waals surface area contributed by atoms with E-state index >= 15 is 0 Å². The molecule has 0 radical (unpaired) electrons. The number of hydrogen-bond acceptors (Lipinski definition) is 5. The number of rotatable bonds is 6.